The number of methoxy groups -OCH3 is 1. The van der Waals surface area contributed by atoms with Crippen molar-refractivity contribution in [3.8, 4) is 34.6 Å². The fourth-order valence-corrected chi connectivity index (χ4v) is 5.64. The van der Waals surface area contributed by atoms with Crippen molar-refractivity contribution in [1.82, 2.24) is 15.2 Å². The molecule has 43 heavy (non-hydrogen) atoms. The van der Waals surface area contributed by atoms with Crippen molar-refractivity contribution in [2.75, 3.05) is 31.6 Å². The molecule has 218 valence electrons. The van der Waals surface area contributed by atoms with Crippen molar-refractivity contribution >= 4 is 29.3 Å². The van der Waals surface area contributed by atoms with E-state index in [2.05, 4.69) is 22.1 Å². The molecule has 1 atom stereocenters. The van der Waals surface area contributed by atoms with Gasteiger partial charge in [0.2, 0.25) is 11.8 Å². The second-order valence-corrected chi connectivity index (χ2v) is 10.8. The quantitative estimate of drug-likeness (QED) is 0.347. The fourth-order valence-electron chi connectivity index (χ4n) is 5.64. The van der Waals surface area contributed by atoms with Gasteiger partial charge >= 0.3 is 0 Å². The summed E-state index contributed by atoms with van der Waals surface area (Å²) >= 11 is 0. The predicted octanol–water partition coefficient (Wildman–Crippen LogP) is 2.81. The standard InChI is InChI=1S/C32H27FN4O6/c1-43-24-8-6-21-17-37(30(41)27(21)28(24)33)18-32(16-26(40)35-31(32)42)13-10-19-2-4-20(5-3-19)29-23(39)7-9-25(34-29)36-14-11-22(38)12-15-36/h2-9,39H,11-12,14-18H2,1H3,(H,35,40,42)/t32-/m1/s1. The van der Waals surface area contributed by atoms with Gasteiger partial charge in [-0.15, -0.1) is 0 Å². The van der Waals surface area contributed by atoms with Crippen LogP contribution in [0.3, 0.4) is 0 Å². The molecule has 3 amide bonds. The highest BCUT2D eigenvalue weighted by molar-refractivity contribution is 6.08. The van der Waals surface area contributed by atoms with E-state index in [1.165, 1.54) is 18.1 Å². The topological polar surface area (TPSA) is 129 Å². The number of Topliss-reactive ketones (excluding diaryl/α,β-unsaturated/α-hetero) is 1. The van der Waals surface area contributed by atoms with Crippen LogP contribution in [0.2, 0.25) is 0 Å². The van der Waals surface area contributed by atoms with Crippen molar-refractivity contribution in [2.24, 2.45) is 5.41 Å². The number of amides is 3. The molecule has 2 aromatic carbocycles. The number of ketones is 1. The molecule has 4 heterocycles. The first-order valence-electron chi connectivity index (χ1n) is 13.8. The largest absolute Gasteiger partial charge is 0.506 e. The monoisotopic (exact) mass is 582 g/mol. The Hall–Kier alpha value is -5.24. The maximum absolute atomic E-state index is 14.9. The zero-order valence-electron chi connectivity index (χ0n) is 23.3. The van der Waals surface area contributed by atoms with Crippen molar-refractivity contribution < 1.29 is 33.4 Å². The summed E-state index contributed by atoms with van der Waals surface area (Å²) in [6.07, 6.45) is 0.678. The summed E-state index contributed by atoms with van der Waals surface area (Å²) in [5, 5.41) is 12.8. The zero-order chi connectivity index (χ0) is 30.3. The molecule has 2 N–H and O–H groups in total. The predicted molar refractivity (Wildman–Crippen MR) is 153 cm³/mol. The van der Waals surface area contributed by atoms with Gasteiger partial charge in [0.15, 0.2) is 11.6 Å². The number of carbonyl (C=O) groups is 4. The minimum absolute atomic E-state index is 0.00101. The highest BCUT2D eigenvalue weighted by Crippen LogP contribution is 2.36. The molecule has 3 aliphatic heterocycles. The summed E-state index contributed by atoms with van der Waals surface area (Å²) in [6, 6.07) is 13.2. The number of rotatable bonds is 5. The second kappa shape index (κ2) is 10.9. The Morgan fingerprint density at radius 2 is 1.79 bits per heavy atom. The van der Waals surface area contributed by atoms with Crippen molar-refractivity contribution in [1.29, 1.82) is 0 Å². The molecule has 3 aliphatic rings. The number of hydrogen-bond donors (Lipinski definition) is 2. The lowest BCUT2D eigenvalue weighted by Gasteiger charge is -2.27. The number of ether oxygens (including phenoxy) is 1. The number of pyridine rings is 1. The minimum Gasteiger partial charge on any atom is -0.506 e. The number of anilines is 1. The van der Waals surface area contributed by atoms with E-state index in [9.17, 15) is 28.7 Å². The summed E-state index contributed by atoms with van der Waals surface area (Å²) in [5.41, 5.74) is 0.380. The van der Waals surface area contributed by atoms with E-state index in [-0.39, 0.29) is 42.4 Å². The summed E-state index contributed by atoms with van der Waals surface area (Å²) in [4.78, 5) is 58.0. The van der Waals surface area contributed by atoms with Crippen LogP contribution in [-0.2, 0) is 20.9 Å². The van der Waals surface area contributed by atoms with Crippen LogP contribution in [-0.4, -0.2) is 65.2 Å². The lowest BCUT2D eigenvalue weighted by atomic mass is 9.85. The molecular weight excluding hydrogens is 555 g/mol. The van der Waals surface area contributed by atoms with E-state index in [1.54, 1.807) is 42.5 Å². The van der Waals surface area contributed by atoms with E-state index in [1.807, 2.05) is 4.90 Å². The molecule has 10 nitrogen and oxygen atoms in total. The lowest BCUT2D eigenvalue weighted by Crippen LogP contribution is -2.42. The van der Waals surface area contributed by atoms with Crippen LogP contribution in [0.4, 0.5) is 10.2 Å². The van der Waals surface area contributed by atoms with Crippen molar-refractivity contribution in [2.45, 2.75) is 25.8 Å². The molecular formula is C32H27FN4O6. The smallest absolute Gasteiger partial charge is 0.257 e. The average molecular weight is 583 g/mol. The van der Waals surface area contributed by atoms with Crippen LogP contribution >= 0.6 is 0 Å². The third-order valence-corrected chi connectivity index (χ3v) is 7.99. The van der Waals surface area contributed by atoms with E-state index in [4.69, 9.17) is 4.74 Å². The highest BCUT2D eigenvalue weighted by atomic mass is 19.1. The third kappa shape index (κ3) is 5.16. The number of aromatic hydroxyl groups is 1. The van der Waals surface area contributed by atoms with Crippen molar-refractivity contribution in [3.63, 3.8) is 0 Å². The number of carbonyl (C=O) groups excluding carboxylic acids is 4. The zero-order valence-corrected chi connectivity index (χ0v) is 23.3. The Kier molecular flexibility index (Phi) is 7.05. The van der Waals surface area contributed by atoms with Crippen LogP contribution in [0.25, 0.3) is 11.3 Å². The SMILES string of the molecule is COc1ccc2c(c1F)C(=O)N(C[C@@]1(C#Cc3ccc(-c4nc(N5CCC(=O)CC5)ccc4O)cc3)CC(=O)NC1=O)C2. The minimum atomic E-state index is -1.52. The van der Waals surface area contributed by atoms with Gasteiger partial charge in [-0.3, -0.25) is 24.5 Å². The molecule has 6 rings (SSSR count). The van der Waals surface area contributed by atoms with Gasteiger partial charge in [-0.25, -0.2) is 9.37 Å². The molecule has 0 saturated carbocycles. The first-order chi connectivity index (χ1) is 20.7. The van der Waals surface area contributed by atoms with Crippen LogP contribution in [0.5, 0.6) is 11.5 Å². The van der Waals surface area contributed by atoms with E-state index >= 15 is 0 Å². The number of benzene rings is 2. The normalized spacial score (nSPS) is 19.7. The van der Waals surface area contributed by atoms with Gasteiger partial charge in [0.05, 0.1) is 19.1 Å². The highest BCUT2D eigenvalue weighted by Gasteiger charge is 2.49. The molecule has 0 bridgehead atoms. The number of halogens is 1. The Bertz CT molecular complexity index is 1730. The molecule has 11 heteroatoms. The average Bonchev–Trinajstić information content (AvgIpc) is 3.47. The second-order valence-electron chi connectivity index (χ2n) is 10.8. The fraction of sp³-hybridized carbons (Fsp3) is 0.281. The van der Waals surface area contributed by atoms with Crippen LogP contribution in [0.1, 0.15) is 40.7 Å². The van der Waals surface area contributed by atoms with E-state index < -0.39 is 29.0 Å². The Balaban J connectivity index is 1.24. The third-order valence-electron chi connectivity index (χ3n) is 7.99. The molecule has 2 fully saturated rings. The maximum atomic E-state index is 14.9. The number of aromatic nitrogens is 1. The van der Waals surface area contributed by atoms with Gasteiger partial charge < -0.3 is 19.6 Å². The van der Waals surface area contributed by atoms with Crippen LogP contribution in [0.15, 0.2) is 48.5 Å². The molecule has 2 saturated heterocycles. The summed E-state index contributed by atoms with van der Waals surface area (Å²) < 4.78 is 19.9. The number of piperidine rings is 1. The van der Waals surface area contributed by atoms with Gasteiger partial charge in [0.25, 0.3) is 5.91 Å². The number of hydrogen-bond acceptors (Lipinski definition) is 8. The molecule has 0 radical (unpaired) electrons. The van der Waals surface area contributed by atoms with Crippen LogP contribution < -0.4 is 15.0 Å². The number of imide groups is 1. The number of nitrogens with zero attached hydrogens (tertiary/aromatic N) is 3. The first kappa shape index (κ1) is 27.9. The summed E-state index contributed by atoms with van der Waals surface area (Å²) in [7, 11) is 1.31. The van der Waals surface area contributed by atoms with Crippen molar-refractivity contribution in [3.05, 3.63) is 71.0 Å². The molecule has 0 unspecified atom stereocenters. The van der Waals surface area contributed by atoms with Crippen LogP contribution in [0, 0.1) is 23.1 Å². The Labute approximate surface area is 246 Å². The first-order valence-corrected chi connectivity index (χ1v) is 13.8. The van der Waals surface area contributed by atoms with E-state index in [0.717, 1.165) is 0 Å². The lowest BCUT2D eigenvalue weighted by molar-refractivity contribution is -0.127. The Morgan fingerprint density at radius 1 is 1.05 bits per heavy atom. The van der Waals surface area contributed by atoms with Gasteiger partial charge in [-0.1, -0.05) is 30.0 Å². The molecule has 1 aromatic heterocycles. The molecule has 0 aliphatic carbocycles. The number of fused-ring (bicyclic) bond motifs is 1. The summed E-state index contributed by atoms with van der Waals surface area (Å²) in [5.74, 6) is 4.23. The van der Waals surface area contributed by atoms with Gasteiger partial charge in [-0.2, -0.15) is 0 Å². The summed E-state index contributed by atoms with van der Waals surface area (Å²) in [6.45, 7) is 1.01. The Morgan fingerprint density at radius 3 is 2.47 bits per heavy atom. The van der Waals surface area contributed by atoms with Gasteiger partial charge in [0.1, 0.15) is 28.5 Å². The maximum Gasteiger partial charge on any atom is 0.257 e. The molecule has 3 aromatic rings. The van der Waals surface area contributed by atoms with E-state index in [0.29, 0.717) is 54.1 Å². The van der Waals surface area contributed by atoms with Gasteiger partial charge in [-0.05, 0) is 35.9 Å². The molecule has 0 spiro atoms. The number of nitrogens with one attached hydrogen (secondary N) is 1. The van der Waals surface area contributed by atoms with Gasteiger partial charge in [0, 0.05) is 50.1 Å².